The lowest BCUT2D eigenvalue weighted by Crippen LogP contribution is -2.33. The number of hydrogen-bond acceptors (Lipinski definition) is 4. The van der Waals surface area contributed by atoms with Gasteiger partial charge in [-0.05, 0) is 35.9 Å². The fraction of sp³-hybridized carbons (Fsp3) is 0.200. The van der Waals surface area contributed by atoms with E-state index < -0.39 is 5.97 Å². The van der Waals surface area contributed by atoms with Crippen molar-refractivity contribution in [1.29, 1.82) is 0 Å². The van der Waals surface area contributed by atoms with Crippen molar-refractivity contribution in [3.05, 3.63) is 53.9 Å². The molecular weight excluding hydrogens is 254 g/mol. The van der Waals surface area contributed by atoms with E-state index >= 15 is 0 Å². The van der Waals surface area contributed by atoms with Crippen molar-refractivity contribution in [2.45, 2.75) is 6.54 Å². The average Bonchev–Trinajstić information content (AvgIpc) is 2.48. The molecule has 0 amide bonds. The molecule has 0 saturated carbocycles. The first-order chi connectivity index (χ1) is 9.74. The minimum atomic E-state index is -0.901. The van der Waals surface area contributed by atoms with Crippen LogP contribution in [0.25, 0.3) is 0 Å². The Balaban J connectivity index is 1.92. The topological polar surface area (TPSA) is 65.5 Å². The second-order valence-electron chi connectivity index (χ2n) is 4.74. The number of anilines is 2. The zero-order chi connectivity index (χ0) is 13.9. The minimum absolute atomic E-state index is 0.312. The van der Waals surface area contributed by atoms with Crippen molar-refractivity contribution >= 4 is 17.3 Å². The van der Waals surface area contributed by atoms with Crippen molar-refractivity contribution in [3.8, 4) is 0 Å². The number of rotatable bonds is 3. The van der Waals surface area contributed by atoms with Gasteiger partial charge in [-0.3, -0.25) is 4.98 Å². The summed E-state index contributed by atoms with van der Waals surface area (Å²) in [5.74, 6) is -0.901. The summed E-state index contributed by atoms with van der Waals surface area (Å²) >= 11 is 0. The summed E-state index contributed by atoms with van der Waals surface area (Å²) in [5, 5.41) is 12.4. The van der Waals surface area contributed by atoms with Crippen molar-refractivity contribution in [2.24, 2.45) is 0 Å². The van der Waals surface area contributed by atoms with E-state index in [1.165, 1.54) is 0 Å². The minimum Gasteiger partial charge on any atom is -0.478 e. The maximum atomic E-state index is 11.1. The van der Waals surface area contributed by atoms with E-state index in [4.69, 9.17) is 5.11 Å². The van der Waals surface area contributed by atoms with E-state index in [2.05, 4.69) is 15.2 Å². The van der Waals surface area contributed by atoms with Crippen LogP contribution in [0.2, 0.25) is 0 Å². The number of carbonyl (C=O) groups is 1. The van der Waals surface area contributed by atoms with Crippen LogP contribution in [-0.4, -0.2) is 29.1 Å². The average molecular weight is 269 g/mol. The number of carboxylic acids is 1. The third kappa shape index (κ3) is 2.42. The lowest BCUT2D eigenvalue weighted by Gasteiger charge is -2.32. The van der Waals surface area contributed by atoms with Crippen molar-refractivity contribution < 1.29 is 9.90 Å². The van der Waals surface area contributed by atoms with Gasteiger partial charge in [-0.15, -0.1) is 0 Å². The number of carboxylic acid groups (broad SMARTS) is 1. The second-order valence-corrected chi connectivity index (χ2v) is 4.74. The van der Waals surface area contributed by atoms with Crippen LogP contribution >= 0.6 is 0 Å². The van der Waals surface area contributed by atoms with Crippen molar-refractivity contribution in [2.75, 3.05) is 23.3 Å². The summed E-state index contributed by atoms with van der Waals surface area (Å²) in [5.41, 5.74) is 3.39. The maximum absolute atomic E-state index is 11.1. The molecule has 1 aromatic heterocycles. The molecule has 5 nitrogen and oxygen atoms in total. The molecule has 2 N–H and O–H groups in total. The van der Waals surface area contributed by atoms with Gasteiger partial charge in [0.15, 0.2) is 0 Å². The van der Waals surface area contributed by atoms with Gasteiger partial charge in [0.2, 0.25) is 0 Å². The fourth-order valence-electron chi connectivity index (χ4n) is 2.39. The predicted octanol–water partition coefficient (Wildman–Crippen LogP) is 2.21. The fourth-order valence-corrected chi connectivity index (χ4v) is 2.39. The molecule has 5 heteroatoms. The first-order valence-electron chi connectivity index (χ1n) is 6.49. The summed E-state index contributed by atoms with van der Waals surface area (Å²) in [4.78, 5) is 17.3. The predicted molar refractivity (Wildman–Crippen MR) is 77.2 cm³/mol. The Bertz CT molecular complexity index is 628. The summed E-state index contributed by atoms with van der Waals surface area (Å²) in [6.45, 7) is 2.45. The van der Waals surface area contributed by atoms with Crippen LogP contribution in [0.15, 0.2) is 42.7 Å². The molecule has 0 unspecified atom stereocenters. The summed E-state index contributed by atoms with van der Waals surface area (Å²) in [7, 11) is 0. The van der Waals surface area contributed by atoms with Gasteiger partial charge in [0.05, 0.1) is 16.9 Å². The molecule has 1 aromatic carbocycles. The third-order valence-corrected chi connectivity index (χ3v) is 3.41. The lowest BCUT2D eigenvalue weighted by molar-refractivity contribution is 0.0697. The van der Waals surface area contributed by atoms with Crippen LogP contribution in [0.1, 0.15) is 15.9 Å². The van der Waals surface area contributed by atoms with E-state index in [-0.39, 0.29) is 0 Å². The Labute approximate surface area is 116 Å². The van der Waals surface area contributed by atoms with Crippen molar-refractivity contribution in [1.82, 2.24) is 4.98 Å². The Kier molecular flexibility index (Phi) is 3.25. The molecule has 1 aliphatic rings. The van der Waals surface area contributed by atoms with Crippen molar-refractivity contribution in [3.63, 3.8) is 0 Å². The Morgan fingerprint density at radius 3 is 2.85 bits per heavy atom. The van der Waals surface area contributed by atoms with E-state index in [9.17, 15) is 4.79 Å². The number of aromatic carboxylic acids is 1. The van der Waals surface area contributed by atoms with Crippen LogP contribution in [0.3, 0.4) is 0 Å². The standard InChI is InChI=1S/C15H15N3O2/c19-15(20)12-1-2-13-14(9-12)18(8-7-17-13)10-11-3-5-16-6-4-11/h1-6,9,17H,7-8,10H2,(H,19,20). The van der Waals surface area contributed by atoms with Crippen LogP contribution in [0.4, 0.5) is 11.4 Å². The smallest absolute Gasteiger partial charge is 0.335 e. The highest BCUT2D eigenvalue weighted by Crippen LogP contribution is 2.31. The first-order valence-corrected chi connectivity index (χ1v) is 6.49. The highest BCUT2D eigenvalue weighted by Gasteiger charge is 2.18. The third-order valence-electron chi connectivity index (χ3n) is 3.41. The molecular formula is C15H15N3O2. The zero-order valence-corrected chi connectivity index (χ0v) is 10.9. The maximum Gasteiger partial charge on any atom is 0.335 e. The number of pyridine rings is 1. The van der Waals surface area contributed by atoms with Gasteiger partial charge in [0.25, 0.3) is 0 Å². The van der Waals surface area contributed by atoms with Gasteiger partial charge in [-0.1, -0.05) is 0 Å². The molecule has 0 aliphatic carbocycles. The normalized spacial score (nSPS) is 13.5. The molecule has 20 heavy (non-hydrogen) atoms. The van der Waals surface area contributed by atoms with Crippen LogP contribution < -0.4 is 10.2 Å². The van der Waals surface area contributed by atoms with Gasteiger partial charge < -0.3 is 15.3 Å². The number of nitrogens with one attached hydrogen (secondary N) is 1. The monoisotopic (exact) mass is 269 g/mol. The molecule has 0 saturated heterocycles. The number of aromatic nitrogens is 1. The number of nitrogens with zero attached hydrogens (tertiary/aromatic N) is 2. The molecule has 2 aromatic rings. The Hall–Kier alpha value is -2.56. The summed E-state index contributed by atoms with van der Waals surface area (Å²) in [6.07, 6.45) is 3.54. The largest absolute Gasteiger partial charge is 0.478 e. The Morgan fingerprint density at radius 2 is 2.10 bits per heavy atom. The summed E-state index contributed by atoms with van der Waals surface area (Å²) in [6, 6.07) is 9.14. The van der Waals surface area contributed by atoms with E-state index in [0.29, 0.717) is 5.56 Å². The quantitative estimate of drug-likeness (QED) is 0.894. The molecule has 0 spiro atoms. The molecule has 2 heterocycles. The number of benzene rings is 1. The van der Waals surface area contributed by atoms with E-state index in [1.54, 1.807) is 24.5 Å². The number of hydrogen-bond donors (Lipinski definition) is 2. The Morgan fingerprint density at radius 1 is 1.30 bits per heavy atom. The molecule has 0 radical (unpaired) electrons. The lowest BCUT2D eigenvalue weighted by atomic mass is 10.1. The second kappa shape index (κ2) is 5.21. The first kappa shape index (κ1) is 12.5. The highest BCUT2D eigenvalue weighted by atomic mass is 16.4. The van der Waals surface area contributed by atoms with E-state index in [0.717, 1.165) is 36.6 Å². The molecule has 0 atom stereocenters. The SMILES string of the molecule is O=C(O)c1ccc2c(c1)N(Cc1ccncc1)CCN2. The van der Waals surface area contributed by atoms with Crippen LogP contribution in [-0.2, 0) is 6.54 Å². The zero-order valence-electron chi connectivity index (χ0n) is 10.9. The highest BCUT2D eigenvalue weighted by molar-refractivity contribution is 5.91. The van der Waals surface area contributed by atoms with Gasteiger partial charge in [0.1, 0.15) is 0 Å². The molecule has 0 fully saturated rings. The van der Waals surface area contributed by atoms with Gasteiger partial charge >= 0.3 is 5.97 Å². The molecule has 102 valence electrons. The number of fused-ring (bicyclic) bond motifs is 1. The van der Waals surface area contributed by atoms with Gasteiger partial charge in [-0.2, -0.15) is 0 Å². The van der Waals surface area contributed by atoms with Crippen LogP contribution in [0.5, 0.6) is 0 Å². The van der Waals surface area contributed by atoms with Crippen LogP contribution in [0, 0.1) is 0 Å². The van der Waals surface area contributed by atoms with Gasteiger partial charge in [-0.25, -0.2) is 4.79 Å². The van der Waals surface area contributed by atoms with Gasteiger partial charge in [0, 0.05) is 32.0 Å². The van der Waals surface area contributed by atoms with E-state index in [1.807, 2.05) is 18.2 Å². The molecule has 1 aliphatic heterocycles. The molecule has 3 rings (SSSR count). The summed E-state index contributed by atoms with van der Waals surface area (Å²) < 4.78 is 0. The molecule has 0 bridgehead atoms.